The molecular formula is C13H22ClN5O2. The number of carbonyl (C=O) groups excluding carboxylic acids is 2. The number of piperidine rings is 1. The lowest BCUT2D eigenvalue weighted by Crippen LogP contribution is -2.53. The number of aryl methyl sites for hydroxylation is 1. The molecule has 2 heterocycles. The highest BCUT2D eigenvalue weighted by Crippen LogP contribution is 2.20. The van der Waals surface area contributed by atoms with Crippen LogP contribution in [0.2, 0.25) is 0 Å². The first-order chi connectivity index (χ1) is 9.52. The molecule has 0 aromatic carbocycles. The van der Waals surface area contributed by atoms with Gasteiger partial charge in [0.1, 0.15) is 6.04 Å². The van der Waals surface area contributed by atoms with E-state index < -0.39 is 6.04 Å². The lowest BCUT2D eigenvalue weighted by molar-refractivity contribution is -0.130. The largest absolute Gasteiger partial charge is 0.344 e. The van der Waals surface area contributed by atoms with Gasteiger partial charge in [-0.3, -0.25) is 14.3 Å². The first kappa shape index (κ1) is 17.5. The number of nitrogens with zero attached hydrogens (tertiary/aromatic N) is 3. The van der Waals surface area contributed by atoms with Crippen molar-refractivity contribution in [3.05, 3.63) is 12.4 Å². The number of halogens is 1. The molecule has 0 saturated carbocycles. The molecule has 1 aromatic heterocycles. The number of amides is 2. The fraction of sp³-hybridized carbons (Fsp3) is 0.615. The van der Waals surface area contributed by atoms with Gasteiger partial charge in [-0.15, -0.1) is 12.4 Å². The number of hydrogen-bond donors (Lipinski definition) is 2. The predicted molar refractivity (Wildman–Crippen MR) is 82.2 cm³/mol. The lowest BCUT2D eigenvalue weighted by Gasteiger charge is -2.32. The van der Waals surface area contributed by atoms with Crippen LogP contribution in [0.15, 0.2) is 12.4 Å². The molecule has 118 valence electrons. The molecule has 8 heteroatoms. The minimum absolute atomic E-state index is 0. The predicted octanol–water partition coefficient (Wildman–Crippen LogP) is 0.0483. The normalized spacial score (nSPS) is 19.9. The van der Waals surface area contributed by atoms with E-state index in [9.17, 15) is 9.59 Å². The number of aromatic nitrogens is 2. The van der Waals surface area contributed by atoms with Crippen LogP contribution in [0.1, 0.15) is 19.8 Å². The summed E-state index contributed by atoms with van der Waals surface area (Å²) in [6.45, 7) is 2.68. The van der Waals surface area contributed by atoms with Gasteiger partial charge in [0, 0.05) is 32.3 Å². The third-order valence-electron chi connectivity index (χ3n) is 3.56. The molecule has 0 spiro atoms. The molecule has 0 bridgehead atoms. The van der Waals surface area contributed by atoms with E-state index in [-0.39, 0.29) is 36.7 Å². The number of rotatable bonds is 4. The zero-order chi connectivity index (χ0) is 14.7. The van der Waals surface area contributed by atoms with Gasteiger partial charge in [0.15, 0.2) is 0 Å². The van der Waals surface area contributed by atoms with Crippen molar-refractivity contribution in [3.63, 3.8) is 0 Å². The smallest absolute Gasteiger partial charge is 0.249 e. The number of nitrogens with two attached hydrogens (primary N) is 1. The molecule has 7 nitrogen and oxygen atoms in total. The Morgan fingerprint density at radius 2 is 2.33 bits per heavy atom. The second-order valence-corrected chi connectivity index (χ2v) is 5.20. The van der Waals surface area contributed by atoms with E-state index in [1.54, 1.807) is 35.9 Å². The Bertz CT molecular complexity index is 505. The van der Waals surface area contributed by atoms with Gasteiger partial charge in [0.2, 0.25) is 11.8 Å². The van der Waals surface area contributed by atoms with Crippen LogP contribution < -0.4 is 16.0 Å². The Morgan fingerprint density at radius 1 is 1.62 bits per heavy atom. The maximum atomic E-state index is 12.4. The maximum Gasteiger partial charge on any atom is 0.249 e. The van der Waals surface area contributed by atoms with Crippen LogP contribution >= 0.6 is 12.4 Å². The van der Waals surface area contributed by atoms with Crippen molar-refractivity contribution in [2.45, 2.75) is 25.8 Å². The van der Waals surface area contributed by atoms with E-state index in [2.05, 4.69) is 10.4 Å². The van der Waals surface area contributed by atoms with E-state index in [1.165, 1.54) is 0 Å². The van der Waals surface area contributed by atoms with E-state index in [4.69, 9.17) is 5.73 Å². The minimum atomic E-state index is -0.467. The Labute approximate surface area is 130 Å². The second kappa shape index (κ2) is 7.42. The van der Waals surface area contributed by atoms with Crippen molar-refractivity contribution < 1.29 is 9.59 Å². The first-order valence-corrected chi connectivity index (χ1v) is 6.83. The van der Waals surface area contributed by atoms with Gasteiger partial charge < -0.3 is 16.0 Å². The number of nitrogens with one attached hydrogen (secondary N) is 1. The fourth-order valence-electron chi connectivity index (χ4n) is 2.23. The van der Waals surface area contributed by atoms with Crippen molar-refractivity contribution in [1.29, 1.82) is 0 Å². The van der Waals surface area contributed by atoms with Crippen molar-refractivity contribution >= 4 is 29.9 Å². The summed E-state index contributed by atoms with van der Waals surface area (Å²) in [5.74, 6) is -0.530. The summed E-state index contributed by atoms with van der Waals surface area (Å²) in [6, 6.07) is -0.467. The molecule has 21 heavy (non-hydrogen) atoms. The van der Waals surface area contributed by atoms with Gasteiger partial charge in [-0.2, -0.15) is 5.10 Å². The average molecular weight is 316 g/mol. The van der Waals surface area contributed by atoms with Gasteiger partial charge in [0.25, 0.3) is 0 Å². The zero-order valence-electron chi connectivity index (χ0n) is 12.3. The van der Waals surface area contributed by atoms with E-state index in [0.717, 1.165) is 12.1 Å². The molecular weight excluding hydrogens is 294 g/mol. The molecule has 1 aliphatic rings. The standard InChI is InChI=1S/C13H21N5O2.ClH/c1-9(6-14)12(19)16-11-4-3-5-18(13(11)20)10-7-15-17(2)8-10;/h7-9,11H,3-6,14H2,1-2H3,(H,16,19);1H. The van der Waals surface area contributed by atoms with E-state index in [0.29, 0.717) is 13.0 Å². The minimum Gasteiger partial charge on any atom is -0.344 e. The van der Waals surface area contributed by atoms with Crippen LogP contribution in [-0.2, 0) is 16.6 Å². The van der Waals surface area contributed by atoms with Crippen LogP contribution in [0.5, 0.6) is 0 Å². The van der Waals surface area contributed by atoms with Crippen LogP contribution in [0.25, 0.3) is 0 Å². The van der Waals surface area contributed by atoms with Crippen LogP contribution in [-0.4, -0.2) is 40.7 Å². The van der Waals surface area contributed by atoms with E-state index in [1.807, 2.05) is 0 Å². The molecule has 1 saturated heterocycles. The lowest BCUT2D eigenvalue weighted by atomic mass is 10.0. The Morgan fingerprint density at radius 3 is 2.90 bits per heavy atom. The molecule has 0 radical (unpaired) electrons. The molecule has 2 rings (SSSR count). The zero-order valence-corrected chi connectivity index (χ0v) is 13.1. The summed E-state index contributed by atoms with van der Waals surface area (Å²) in [5.41, 5.74) is 6.23. The molecule has 0 aliphatic carbocycles. The fourth-order valence-corrected chi connectivity index (χ4v) is 2.23. The van der Waals surface area contributed by atoms with Gasteiger partial charge >= 0.3 is 0 Å². The van der Waals surface area contributed by atoms with E-state index >= 15 is 0 Å². The summed E-state index contributed by atoms with van der Waals surface area (Å²) < 4.78 is 1.65. The highest BCUT2D eigenvalue weighted by molar-refractivity contribution is 5.99. The topological polar surface area (TPSA) is 93.2 Å². The summed E-state index contributed by atoms with van der Waals surface area (Å²) in [7, 11) is 1.81. The molecule has 2 unspecified atom stereocenters. The molecule has 1 fully saturated rings. The number of anilines is 1. The summed E-state index contributed by atoms with van der Waals surface area (Å²) in [6.07, 6.45) is 4.97. The number of hydrogen-bond acceptors (Lipinski definition) is 4. The molecule has 1 aromatic rings. The molecule has 2 amide bonds. The first-order valence-electron chi connectivity index (χ1n) is 6.83. The van der Waals surface area contributed by atoms with Gasteiger partial charge in [0.05, 0.1) is 11.9 Å². The maximum absolute atomic E-state index is 12.4. The highest BCUT2D eigenvalue weighted by Gasteiger charge is 2.31. The van der Waals surface area contributed by atoms with Crippen molar-refractivity contribution in [3.8, 4) is 0 Å². The summed E-state index contributed by atoms with van der Waals surface area (Å²) in [4.78, 5) is 26.0. The van der Waals surface area contributed by atoms with Crippen molar-refractivity contribution in [1.82, 2.24) is 15.1 Å². The number of carbonyl (C=O) groups is 2. The summed E-state index contributed by atoms with van der Waals surface area (Å²) in [5, 5.41) is 6.86. The van der Waals surface area contributed by atoms with Gasteiger partial charge in [-0.25, -0.2) is 0 Å². The molecule has 1 aliphatic heterocycles. The van der Waals surface area contributed by atoms with Crippen LogP contribution in [0.4, 0.5) is 5.69 Å². The Kier molecular flexibility index (Phi) is 6.17. The highest BCUT2D eigenvalue weighted by atomic mass is 35.5. The van der Waals surface area contributed by atoms with Crippen molar-refractivity contribution in [2.75, 3.05) is 18.0 Å². The third-order valence-corrected chi connectivity index (χ3v) is 3.56. The van der Waals surface area contributed by atoms with Gasteiger partial charge in [-0.1, -0.05) is 6.92 Å². The second-order valence-electron chi connectivity index (χ2n) is 5.20. The third kappa shape index (κ3) is 3.95. The average Bonchev–Trinajstić information content (AvgIpc) is 2.86. The quantitative estimate of drug-likeness (QED) is 0.821. The Hall–Kier alpha value is -1.60. The molecule has 2 atom stereocenters. The summed E-state index contributed by atoms with van der Waals surface area (Å²) >= 11 is 0. The Balaban J connectivity index is 0.00000220. The SMILES string of the molecule is CC(CN)C(=O)NC1CCCN(c2cnn(C)c2)C1=O.Cl. The van der Waals surface area contributed by atoms with Crippen LogP contribution in [0, 0.1) is 5.92 Å². The molecule has 3 N–H and O–H groups in total. The monoisotopic (exact) mass is 315 g/mol. The van der Waals surface area contributed by atoms with Gasteiger partial charge in [-0.05, 0) is 12.8 Å². The van der Waals surface area contributed by atoms with Crippen LogP contribution in [0.3, 0.4) is 0 Å². The van der Waals surface area contributed by atoms with Crippen molar-refractivity contribution in [2.24, 2.45) is 18.7 Å².